The zero-order chi connectivity index (χ0) is 13.2. The van der Waals surface area contributed by atoms with E-state index in [1.54, 1.807) is 39.8 Å². The number of anilines is 1. The van der Waals surface area contributed by atoms with Crippen LogP contribution < -0.4 is 5.32 Å². The number of nitrogens with zero attached hydrogens (tertiary/aromatic N) is 1. The van der Waals surface area contributed by atoms with Gasteiger partial charge in [0.25, 0.3) is 5.69 Å². The molecular weight excluding hydrogens is 220 g/mol. The smallest absolute Gasteiger partial charge is 0.292 e. The molecule has 0 amide bonds. The van der Waals surface area contributed by atoms with Crippen molar-refractivity contribution in [1.29, 1.82) is 0 Å². The van der Waals surface area contributed by atoms with Gasteiger partial charge in [-0.15, -0.1) is 0 Å². The highest BCUT2D eigenvalue weighted by molar-refractivity contribution is 5.67. The van der Waals surface area contributed by atoms with Crippen LogP contribution in [-0.4, -0.2) is 21.7 Å². The molecule has 0 bridgehead atoms. The summed E-state index contributed by atoms with van der Waals surface area (Å²) >= 11 is 0. The molecule has 5 heteroatoms. The van der Waals surface area contributed by atoms with Gasteiger partial charge in [-0.3, -0.25) is 10.1 Å². The first-order valence-corrected chi connectivity index (χ1v) is 5.46. The summed E-state index contributed by atoms with van der Waals surface area (Å²) in [4.78, 5) is 10.5. The average Bonchev–Trinajstić information content (AvgIpc) is 2.20. The van der Waals surface area contributed by atoms with Crippen LogP contribution >= 0.6 is 0 Å². The van der Waals surface area contributed by atoms with Crippen LogP contribution in [0.1, 0.15) is 26.3 Å². The van der Waals surface area contributed by atoms with Crippen molar-refractivity contribution in [2.24, 2.45) is 0 Å². The molecule has 94 valence electrons. The molecule has 1 aromatic rings. The molecular formula is C12H18N2O3. The van der Waals surface area contributed by atoms with Gasteiger partial charge in [-0.2, -0.15) is 0 Å². The highest BCUT2D eigenvalue weighted by atomic mass is 16.6. The van der Waals surface area contributed by atoms with Gasteiger partial charge in [0.2, 0.25) is 0 Å². The quantitative estimate of drug-likeness (QED) is 0.624. The van der Waals surface area contributed by atoms with Gasteiger partial charge in [0.15, 0.2) is 0 Å². The second-order valence-corrected chi connectivity index (χ2v) is 4.75. The number of nitro groups is 1. The van der Waals surface area contributed by atoms with Crippen molar-refractivity contribution in [3.8, 4) is 0 Å². The SMILES string of the molecule is Cc1cccc([N+](=O)[O-])c1NC(C)(C)C(C)O. The number of para-hydroxylation sites is 1. The van der Waals surface area contributed by atoms with Gasteiger partial charge in [-0.25, -0.2) is 0 Å². The van der Waals surface area contributed by atoms with Gasteiger partial charge in [0, 0.05) is 6.07 Å². The normalized spacial score (nSPS) is 13.2. The van der Waals surface area contributed by atoms with Gasteiger partial charge < -0.3 is 10.4 Å². The Hall–Kier alpha value is -1.62. The highest BCUT2D eigenvalue weighted by Gasteiger charge is 2.27. The minimum atomic E-state index is -0.628. The predicted octanol–water partition coefficient (Wildman–Crippen LogP) is 2.47. The van der Waals surface area contributed by atoms with Crippen molar-refractivity contribution >= 4 is 11.4 Å². The van der Waals surface area contributed by atoms with Crippen molar-refractivity contribution in [3.63, 3.8) is 0 Å². The number of aryl methyl sites for hydroxylation is 1. The summed E-state index contributed by atoms with van der Waals surface area (Å²) in [6.07, 6.45) is -0.623. The molecule has 0 aromatic heterocycles. The Morgan fingerprint density at radius 3 is 2.53 bits per heavy atom. The second-order valence-electron chi connectivity index (χ2n) is 4.75. The first-order chi connectivity index (χ1) is 7.75. The number of hydrogen-bond acceptors (Lipinski definition) is 4. The van der Waals surface area contributed by atoms with Crippen LogP contribution in [0.2, 0.25) is 0 Å². The topological polar surface area (TPSA) is 75.4 Å². The van der Waals surface area contributed by atoms with Crippen LogP contribution in [0.3, 0.4) is 0 Å². The lowest BCUT2D eigenvalue weighted by atomic mass is 9.97. The van der Waals surface area contributed by atoms with Gasteiger partial charge >= 0.3 is 0 Å². The minimum Gasteiger partial charge on any atom is -0.391 e. The van der Waals surface area contributed by atoms with E-state index in [2.05, 4.69) is 5.32 Å². The lowest BCUT2D eigenvalue weighted by Crippen LogP contribution is -2.42. The van der Waals surface area contributed by atoms with Crippen LogP contribution in [0.25, 0.3) is 0 Å². The maximum absolute atomic E-state index is 10.9. The van der Waals surface area contributed by atoms with E-state index in [4.69, 9.17) is 0 Å². The van der Waals surface area contributed by atoms with E-state index >= 15 is 0 Å². The van der Waals surface area contributed by atoms with Crippen molar-refractivity contribution in [2.75, 3.05) is 5.32 Å². The molecule has 1 unspecified atom stereocenters. The van der Waals surface area contributed by atoms with E-state index in [-0.39, 0.29) is 5.69 Å². The third kappa shape index (κ3) is 2.94. The molecule has 1 rings (SSSR count). The summed E-state index contributed by atoms with van der Waals surface area (Å²) in [7, 11) is 0. The summed E-state index contributed by atoms with van der Waals surface area (Å²) in [5.41, 5.74) is 0.645. The molecule has 17 heavy (non-hydrogen) atoms. The second kappa shape index (κ2) is 4.71. The number of nitro benzene ring substituents is 1. The van der Waals surface area contributed by atoms with Gasteiger partial charge in [0.05, 0.1) is 16.6 Å². The van der Waals surface area contributed by atoms with Crippen LogP contribution in [0.5, 0.6) is 0 Å². The van der Waals surface area contributed by atoms with E-state index in [9.17, 15) is 15.2 Å². The molecule has 2 N–H and O–H groups in total. The predicted molar refractivity (Wildman–Crippen MR) is 67.2 cm³/mol. The molecule has 0 spiro atoms. The molecule has 0 fully saturated rings. The molecule has 0 saturated heterocycles. The Bertz CT molecular complexity index is 428. The third-order valence-electron chi connectivity index (χ3n) is 2.94. The molecule has 0 radical (unpaired) electrons. The monoisotopic (exact) mass is 238 g/mol. The summed E-state index contributed by atoms with van der Waals surface area (Å²) in [5.74, 6) is 0. The molecule has 0 aliphatic carbocycles. The Morgan fingerprint density at radius 1 is 1.47 bits per heavy atom. The Balaban J connectivity index is 3.18. The van der Waals surface area contributed by atoms with E-state index in [0.29, 0.717) is 5.69 Å². The Kier molecular flexibility index (Phi) is 3.72. The minimum absolute atomic E-state index is 0.0266. The number of rotatable bonds is 4. The van der Waals surface area contributed by atoms with Crippen LogP contribution in [0.4, 0.5) is 11.4 Å². The van der Waals surface area contributed by atoms with Crippen LogP contribution in [0.15, 0.2) is 18.2 Å². The fourth-order valence-electron chi connectivity index (χ4n) is 1.39. The van der Waals surface area contributed by atoms with E-state index in [1.165, 1.54) is 6.07 Å². The van der Waals surface area contributed by atoms with Gasteiger partial charge in [-0.05, 0) is 33.3 Å². The van der Waals surface area contributed by atoms with Crippen LogP contribution in [-0.2, 0) is 0 Å². The van der Waals surface area contributed by atoms with Gasteiger partial charge in [0.1, 0.15) is 5.69 Å². The lowest BCUT2D eigenvalue weighted by Gasteiger charge is -2.31. The molecule has 0 aliphatic rings. The fraction of sp³-hybridized carbons (Fsp3) is 0.500. The maximum Gasteiger partial charge on any atom is 0.292 e. The van der Waals surface area contributed by atoms with Crippen LogP contribution in [0, 0.1) is 17.0 Å². The number of nitrogens with one attached hydrogen (secondary N) is 1. The first-order valence-electron chi connectivity index (χ1n) is 5.46. The first kappa shape index (κ1) is 13.4. The lowest BCUT2D eigenvalue weighted by molar-refractivity contribution is -0.384. The van der Waals surface area contributed by atoms with Crippen molar-refractivity contribution in [2.45, 2.75) is 39.3 Å². The Labute approximate surface area is 101 Å². The van der Waals surface area contributed by atoms with E-state index < -0.39 is 16.6 Å². The summed E-state index contributed by atoms with van der Waals surface area (Å²) in [6, 6.07) is 4.90. The zero-order valence-corrected chi connectivity index (χ0v) is 10.5. The summed E-state index contributed by atoms with van der Waals surface area (Å²) < 4.78 is 0. The van der Waals surface area contributed by atoms with Crippen molar-refractivity contribution in [1.82, 2.24) is 0 Å². The number of benzene rings is 1. The molecule has 5 nitrogen and oxygen atoms in total. The molecule has 0 heterocycles. The highest BCUT2D eigenvalue weighted by Crippen LogP contribution is 2.31. The fourth-order valence-corrected chi connectivity index (χ4v) is 1.39. The summed E-state index contributed by atoms with van der Waals surface area (Å²) in [5, 5.41) is 23.6. The van der Waals surface area contributed by atoms with E-state index in [1.807, 2.05) is 0 Å². The maximum atomic E-state index is 10.9. The molecule has 0 saturated carbocycles. The molecule has 1 aromatic carbocycles. The standard InChI is InChI=1S/C12H18N2O3/c1-8-6-5-7-10(14(16)17)11(8)13-12(3,4)9(2)15/h5-7,9,13,15H,1-4H3. The zero-order valence-electron chi connectivity index (χ0n) is 10.5. The largest absolute Gasteiger partial charge is 0.391 e. The van der Waals surface area contributed by atoms with Gasteiger partial charge in [-0.1, -0.05) is 12.1 Å². The van der Waals surface area contributed by atoms with Crippen molar-refractivity contribution < 1.29 is 10.0 Å². The van der Waals surface area contributed by atoms with Crippen molar-refractivity contribution in [3.05, 3.63) is 33.9 Å². The van der Waals surface area contributed by atoms with E-state index in [0.717, 1.165) is 5.56 Å². The molecule has 1 atom stereocenters. The number of aliphatic hydroxyl groups is 1. The number of aliphatic hydroxyl groups excluding tert-OH is 1. The number of hydrogen-bond donors (Lipinski definition) is 2. The average molecular weight is 238 g/mol. The summed E-state index contributed by atoms with van der Waals surface area (Å²) in [6.45, 7) is 7.05. The molecule has 0 aliphatic heterocycles. The third-order valence-corrected chi connectivity index (χ3v) is 2.94. The Morgan fingerprint density at radius 2 is 2.06 bits per heavy atom.